The molecule has 0 saturated carbocycles. The summed E-state index contributed by atoms with van der Waals surface area (Å²) in [5, 5.41) is 0. The van der Waals surface area contributed by atoms with Crippen LogP contribution in [0.4, 0.5) is 0 Å². The van der Waals surface area contributed by atoms with Crippen LogP contribution in [-0.2, 0) is 0 Å². The first-order valence-electron chi connectivity index (χ1n) is 4.79. The molecule has 0 bridgehead atoms. The predicted molar refractivity (Wildman–Crippen MR) is 79.7 cm³/mol. The first-order valence-corrected chi connectivity index (χ1v) is 25.0. The van der Waals surface area contributed by atoms with Crippen molar-refractivity contribution in [3.63, 3.8) is 0 Å². The molecule has 0 aliphatic heterocycles. The van der Waals surface area contributed by atoms with Crippen molar-refractivity contribution >= 4 is 50.6 Å². The van der Waals surface area contributed by atoms with E-state index in [1.165, 1.54) is 0 Å². The Morgan fingerprint density at radius 2 is 0.923 bits per heavy atom. The normalized spacial score (nSPS) is 10.2. The molecule has 0 fully saturated rings. The summed E-state index contributed by atoms with van der Waals surface area (Å²) in [6, 6.07) is 0. The predicted octanol–water partition coefficient (Wildman–Crippen LogP) is 4.44. The molecule has 0 aromatic rings. The summed E-state index contributed by atoms with van der Waals surface area (Å²) >= 11 is -0.877. The quantitative estimate of drug-likeness (QED) is 0.426. The van der Waals surface area contributed by atoms with Gasteiger partial charge in [0.2, 0.25) is 0 Å². The molecule has 0 aromatic carbocycles. The van der Waals surface area contributed by atoms with E-state index in [0.29, 0.717) is 0 Å². The molecule has 0 N–H and O–H groups in total. The number of rotatable bonds is 0. The molecule has 0 heterocycles. The topological polar surface area (TPSA) is 0 Å². The van der Waals surface area contributed by atoms with E-state index in [2.05, 4.69) is 60.5 Å². The van der Waals surface area contributed by atoms with Gasteiger partial charge in [0.1, 0.15) is 0 Å². The maximum atomic E-state index is 2.85. The van der Waals surface area contributed by atoms with Crippen LogP contribution >= 0.6 is 8.79 Å². The first-order chi connectivity index (χ1) is 5.46. The Bertz CT molecular complexity index is 74.6. The van der Waals surface area contributed by atoms with Crippen molar-refractivity contribution < 1.29 is 0 Å². The molecule has 0 aromatic heterocycles. The molecule has 0 rings (SSSR count). The Labute approximate surface area is 102 Å². The van der Waals surface area contributed by atoms with Crippen LogP contribution in [0.3, 0.4) is 0 Å². The molecule has 13 heavy (non-hydrogen) atoms. The van der Waals surface area contributed by atoms with Gasteiger partial charge in [0.15, 0.2) is 0 Å². The molecule has 0 aliphatic rings. The average Bonchev–Trinajstić information content (AvgIpc) is 1.50. The molecule has 0 saturated heterocycles. The summed E-state index contributed by atoms with van der Waals surface area (Å²) in [5.74, 6) is 7.00. The first kappa shape index (κ1) is 20.4. The summed E-state index contributed by atoms with van der Waals surface area (Å²) in [7, 11) is 2.16. The van der Waals surface area contributed by atoms with E-state index in [1.54, 1.807) is 0 Å². The van der Waals surface area contributed by atoms with E-state index in [-0.39, 0.29) is 14.3 Å². The SMILES string of the molecule is C[Si](C)(C)P.[CH3][Ge]([CH3])[CH3].[CH3][Sn]([CH3])[CH3]. The molecule has 0 aliphatic carbocycles. The van der Waals surface area contributed by atoms with Crippen molar-refractivity contribution in [2.24, 2.45) is 0 Å². The summed E-state index contributed by atoms with van der Waals surface area (Å²) in [4.78, 5) is 7.09. The van der Waals surface area contributed by atoms with Gasteiger partial charge in [0, 0.05) is 0 Å². The van der Waals surface area contributed by atoms with Crippen LogP contribution in [0.25, 0.3) is 0 Å². The van der Waals surface area contributed by atoms with Crippen LogP contribution in [0.1, 0.15) is 0 Å². The fraction of sp³-hybridized carbons (Fsp3) is 1.00. The third-order valence-corrected chi connectivity index (χ3v) is 0. The van der Waals surface area contributed by atoms with E-state index < -0.39 is 27.5 Å². The van der Waals surface area contributed by atoms with E-state index >= 15 is 0 Å². The van der Waals surface area contributed by atoms with E-state index in [0.717, 1.165) is 0 Å². The summed E-state index contributed by atoms with van der Waals surface area (Å²) in [5.41, 5.74) is 0. The zero-order chi connectivity index (χ0) is 11.7. The van der Waals surface area contributed by atoms with Gasteiger partial charge in [0.25, 0.3) is 0 Å². The molecule has 1 atom stereocenters. The second-order valence-corrected chi connectivity index (χ2v) is 30.2. The Morgan fingerprint density at radius 3 is 0.923 bits per heavy atom. The van der Waals surface area contributed by atoms with Crippen molar-refractivity contribution in [1.29, 1.82) is 0 Å². The molecule has 1 unspecified atom stereocenters. The van der Waals surface area contributed by atoms with Gasteiger partial charge in [-0.25, -0.2) is 0 Å². The molecule has 82 valence electrons. The van der Waals surface area contributed by atoms with Crippen molar-refractivity contribution in [2.75, 3.05) is 0 Å². The monoisotopic (exact) mass is 390 g/mol. The van der Waals surface area contributed by atoms with Crippen LogP contribution in [0.2, 0.25) is 51.7 Å². The standard InChI is InChI=1S/C3H9Ge.C3H11PSi.3CH3.Sn/c1-4(2)3;1-5(2,3)4;;;;/h1-3H3;4H2,1-3H3;3*1H3;. The van der Waals surface area contributed by atoms with Gasteiger partial charge in [-0.15, -0.1) is 8.79 Å². The van der Waals surface area contributed by atoms with Gasteiger partial charge < -0.3 is 0 Å². The summed E-state index contributed by atoms with van der Waals surface area (Å²) in [6.07, 6.45) is 0. The third-order valence-electron chi connectivity index (χ3n) is 0. The van der Waals surface area contributed by atoms with Crippen LogP contribution in [-0.4, -0.2) is 41.8 Å². The molecule has 0 amide bonds. The molecule has 0 spiro atoms. The number of hydrogen-bond acceptors (Lipinski definition) is 0. The number of hydrogen-bond donors (Lipinski definition) is 0. The van der Waals surface area contributed by atoms with Crippen molar-refractivity contribution in [3.8, 4) is 0 Å². The zero-order valence-corrected chi connectivity index (χ0v) is 18.2. The van der Waals surface area contributed by atoms with Gasteiger partial charge in [-0.1, -0.05) is 19.6 Å². The Kier molecular flexibility index (Phi) is 18.9. The molecule has 0 nitrogen and oxygen atoms in total. The minimum absolute atomic E-state index is 0.333. The Hall–Kier alpha value is 1.99. The molecular formula is C9H29GePSiSn. The van der Waals surface area contributed by atoms with Crippen molar-refractivity contribution in [3.05, 3.63) is 0 Å². The molecular weight excluding hydrogens is 358 g/mol. The summed E-state index contributed by atoms with van der Waals surface area (Å²) in [6.45, 7) is 6.87. The Balaban J connectivity index is -0.000000117. The fourth-order valence-corrected chi connectivity index (χ4v) is 0. The zero-order valence-electron chi connectivity index (χ0n) is 11.1. The van der Waals surface area contributed by atoms with Gasteiger partial charge in [0.05, 0.1) is 7.74 Å². The average molecular weight is 388 g/mol. The van der Waals surface area contributed by atoms with E-state index in [4.69, 9.17) is 0 Å². The van der Waals surface area contributed by atoms with Gasteiger partial charge in [-0.2, -0.15) is 0 Å². The van der Waals surface area contributed by atoms with Crippen molar-refractivity contribution in [1.82, 2.24) is 0 Å². The van der Waals surface area contributed by atoms with E-state index in [9.17, 15) is 0 Å². The van der Waals surface area contributed by atoms with Gasteiger partial charge >= 0.3 is 66.2 Å². The van der Waals surface area contributed by atoms with Crippen molar-refractivity contribution in [2.45, 2.75) is 51.7 Å². The van der Waals surface area contributed by atoms with Crippen LogP contribution < -0.4 is 0 Å². The second kappa shape index (κ2) is 12.1. The maximum absolute atomic E-state index is 2.85. The Morgan fingerprint density at radius 1 is 0.923 bits per heavy atom. The minimum atomic E-state index is -0.694. The van der Waals surface area contributed by atoms with Crippen LogP contribution in [0, 0.1) is 0 Å². The molecule has 2 radical (unpaired) electrons. The fourth-order valence-electron chi connectivity index (χ4n) is 0. The van der Waals surface area contributed by atoms with Crippen LogP contribution in [0.15, 0.2) is 0 Å². The second-order valence-electron chi connectivity index (χ2n) is 5.37. The van der Waals surface area contributed by atoms with Crippen LogP contribution in [0.5, 0.6) is 0 Å². The third kappa shape index (κ3) is 508. The van der Waals surface area contributed by atoms with Gasteiger partial charge in [-0.3, -0.25) is 0 Å². The van der Waals surface area contributed by atoms with Gasteiger partial charge in [-0.05, 0) is 0 Å². The van der Waals surface area contributed by atoms with E-state index in [1.807, 2.05) is 0 Å². The molecule has 4 heteroatoms. The summed E-state index contributed by atoms with van der Waals surface area (Å²) < 4.78 is 0.